The first-order chi connectivity index (χ1) is 11.6. The van der Waals surface area contributed by atoms with Crippen LogP contribution in [-0.2, 0) is 13.0 Å². The number of thiazole rings is 1. The Morgan fingerprint density at radius 3 is 2.88 bits per heavy atom. The van der Waals surface area contributed by atoms with Crippen LogP contribution >= 0.6 is 11.3 Å². The molecule has 5 heteroatoms. The van der Waals surface area contributed by atoms with Gasteiger partial charge in [0.15, 0.2) is 0 Å². The summed E-state index contributed by atoms with van der Waals surface area (Å²) < 4.78 is 0. The fourth-order valence-corrected chi connectivity index (χ4v) is 4.51. The number of hydrogen-bond donors (Lipinski definition) is 1. The van der Waals surface area contributed by atoms with Crippen molar-refractivity contribution in [3.05, 3.63) is 45.7 Å². The molecule has 3 rings (SSSR count). The molecular weight excluding hydrogens is 316 g/mol. The number of piperidine rings is 1. The van der Waals surface area contributed by atoms with Gasteiger partial charge >= 0.3 is 0 Å². The van der Waals surface area contributed by atoms with Crippen molar-refractivity contribution in [3.63, 3.8) is 0 Å². The summed E-state index contributed by atoms with van der Waals surface area (Å²) >= 11 is 1.84. The second-order valence-corrected chi connectivity index (χ2v) is 8.16. The monoisotopic (exact) mass is 344 g/mol. The van der Waals surface area contributed by atoms with Crippen LogP contribution in [-0.4, -0.2) is 40.5 Å². The molecule has 0 spiro atoms. The zero-order valence-electron chi connectivity index (χ0n) is 15.0. The summed E-state index contributed by atoms with van der Waals surface area (Å²) in [4.78, 5) is 12.9. The number of nitrogens with one attached hydrogen (secondary N) is 1. The molecule has 130 valence electrons. The third-order valence-corrected chi connectivity index (χ3v) is 5.99. The van der Waals surface area contributed by atoms with Crippen molar-refractivity contribution >= 4 is 11.3 Å². The minimum absolute atomic E-state index is 0.624. The summed E-state index contributed by atoms with van der Waals surface area (Å²) in [6.07, 6.45) is 4.20. The first kappa shape index (κ1) is 17.5. The van der Waals surface area contributed by atoms with Crippen LogP contribution in [0.2, 0.25) is 0 Å². The van der Waals surface area contributed by atoms with Crippen molar-refractivity contribution in [2.75, 3.05) is 19.6 Å². The molecule has 0 bridgehead atoms. The smallest absolute Gasteiger partial charge is 0.0900 e. The lowest BCUT2D eigenvalue weighted by molar-refractivity contribution is 0.140. The molecule has 1 N–H and O–H groups in total. The maximum atomic E-state index is 4.52. The van der Waals surface area contributed by atoms with E-state index < -0.39 is 0 Å². The van der Waals surface area contributed by atoms with Crippen LogP contribution in [0.25, 0.3) is 0 Å². The average Bonchev–Trinajstić information content (AvgIpc) is 2.88. The van der Waals surface area contributed by atoms with Crippen molar-refractivity contribution in [1.82, 2.24) is 20.2 Å². The van der Waals surface area contributed by atoms with E-state index in [1.165, 1.54) is 27.7 Å². The molecule has 0 amide bonds. The van der Waals surface area contributed by atoms with E-state index in [4.69, 9.17) is 0 Å². The topological polar surface area (TPSA) is 41.1 Å². The molecular formula is C19H28N4S. The van der Waals surface area contributed by atoms with Crippen molar-refractivity contribution in [2.45, 2.75) is 46.2 Å². The van der Waals surface area contributed by atoms with Gasteiger partial charge in [-0.15, -0.1) is 11.3 Å². The van der Waals surface area contributed by atoms with Gasteiger partial charge in [-0.3, -0.25) is 9.88 Å². The van der Waals surface area contributed by atoms with Gasteiger partial charge in [0.05, 0.1) is 16.4 Å². The highest BCUT2D eigenvalue weighted by Gasteiger charge is 2.25. The van der Waals surface area contributed by atoms with Crippen LogP contribution < -0.4 is 5.32 Å². The van der Waals surface area contributed by atoms with Crippen molar-refractivity contribution in [3.8, 4) is 0 Å². The third-order valence-electron chi connectivity index (χ3n) is 4.86. The quantitative estimate of drug-likeness (QED) is 0.874. The molecule has 4 nitrogen and oxygen atoms in total. The number of likely N-dealkylation sites (tertiary alicyclic amines) is 1. The van der Waals surface area contributed by atoms with E-state index in [0.29, 0.717) is 12.0 Å². The van der Waals surface area contributed by atoms with E-state index in [9.17, 15) is 0 Å². The average molecular weight is 345 g/mol. The lowest BCUT2D eigenvalue weighted by atomic mass is 9.93. The standard InChI is InChI=1S/C19H28N4S/c1-14-12-23(13-17-6-4-5-9-20-17)11-8-18(14)21-10-7-19-15(2)22-16(3)24-19/h4-6,9,14,18,21H,7-8,10-13H2,1-3H3/t14-,18+/m1/s1. The molecule has 0 radical (unpaired) electrons. The van der Waals surface area contributed by atoms with Crippen molar-refractivity contribution in [2.24, 2.45) is 5.92 Å². The molecule has 2 aromatic heterocycles. The van der Waals surface area contributed by atoms with Gasteiger partial charge in [-0.2, -0.15) is 0 Å². The maximum Gasteiger partial charge on any atom is 0.0900 e. The summed E-state index contributed by atoms with van der Waals surface area (Å²) in [6.45, 7) is 10.9. The number of pyridine rings is 1. The molecule has 1 saturated heterocycles. The molecule has 1 aliphatic heterocycles. The lowest BCUT2D eigenvalue weighted by Crippen LogP contribution is -2.48. The summed E-state index contributed by atoms with van der Waals surface area (Å²) in [7, 11) is 0. The van der Waals surface area contributed by atoms with Crippen LogP contribution in [0.1, 0.15) is 34.6 Å². The molecule has 1 fully saturated rings. The predicted molar refractivity (Wildman–Crippen MR) is 100 cm³/mol. The van der Waals surface area contributed by atoms with E-state index in [0.717, 1.165) is 32.6 Å². The highest BCUT2D eigenvalue weighted by atomic mass is 32.1. The minimum Gasteiger partial charge on any atom is -0.313 e. The molecule has 2 atom stereocenters. The van der Waals surface area contributed by atoms with Crippen LogP contribution in [0, 0.1) is 19.8 Å². The summed E-state index contributed by atoms with van der Waals surface area (Å²) in [5, 5.41) is 4.96. The Balaban J connectivity index is 1.43. The Morgan fingerprint density at radius 1 is 1.33 bits per heavy atom. The zero-order valence-corrected chi connectivity index (χ0v) is 15.8. The molecule has 0 saturated carbocycles. The minimum atomic E-state index is 0.624. The van der Waals surface area contributed by atoms with Crippen molar-refractivity contribution < 1.29 is 0 Å². The number of nitrogens with zero attached hydrogens (tertiary/aromatic N) is 3. The van der Waals surface area contributed by atoms with E-state index in [1.54, 1.807) is 0 Å². The van der Waals surface area contributed by atoms with Gasteiger partial charge < -0.3 is 5.32 Å². The number of hydrogen-bond acceptors (Lipinski definition) is 5. The molecule has 3 heterocycles. The summed E-state index contributed by atoms with van der Waals surface area (Å²) in [5.74, 6) is 0.673. The predicted octanol–water partition coefficient (Wildman–Crippen LogP) is 3.20. The largest absolute Gasteiger partial charge is 0.313 e. The maximum absolute atomic E-state index is 4.52. The zero-order chi connectivity index (χ0) is 16.9. The summed E-state index contributed by atoms with van der Waals surface area (Å²) in [5.41, 5.74) is 2.38. The van der Waals surface area contributed by atoms with Gasteiger partial charge in [0, 0.05) is 43.3 Å². The van der Waals surface area contributed by atoms with E-state index in [-0.39, 0.29) is 0 Å². The number of aryl methyl sites for hydroxylation is 2. The van der Waals surface area contributed by atoms with Crippen LogP contribution in [0.5, 0.6) is 0 Å². The lowest BCUT2D eigenvalue weighted by Gasteiger charge is -2.37. The van der Waals surface area contributed by atoms with Gasteiger partial charge in [0.1, 0.15) is 0 Å². The first-order valence-corrected chi connectivity index (χ1v) is 9.72. The van der Waals surface area contributed by atoms with Gasteiger partial charge in [-0.25, -0.2) is 4.98 Å². The number of aromatic nitrogens is 2. The van der Waals surface area contributed by atoms with Gasteiger partial charge in [-0.05, 0) is 44.7 Å². The molecule has 1 aliphatic rings. The van der Waals surface area contributed by atoms with Crippen molar-refractivity contribution in [1.29, 1.82) is 0 Å². The van der Waals surface area contributed by atoms with E-state index in [1.807, 2.05) is 23.6 Å². The molecule has 2 aromatic rings. The van der Waals surface area contributed by atoms with E-state index >= 15 is 0 Å². The second kappa shape index (κ2) is 8.19. The summed E-state index contributed by atoms with van der Waals surface area (Å²) in [6, 6.07) is 6.80. The normalized spacial score (nSPS) is 22.0. The Bertz CT molecular complexity index is 640. The van der Waals surface area contributed by atoms with E-state index in [2.05, 4.69) is 53.1 Å². The van der Waals surface area contributed by atoms with Gasteiger partial charge in [-0.1, -0.05) is 13.0 Å². The Kier molecular flexibility index (Phi) is 5.98. The molecule has 0 aromatic carbocycles. The van der Waals surface area contributed by atoms with Crippen LogP contribution in [0.4, 0.5) is 0 Å². The Labute approximate surface area is 149 Å². The molecule has 24 heavy (non-hydrogen) atoms. The SMILES string of the molecule is Cc1nc(C)c(CCN[C@H]2CCN(Cc3ccccn3)C[C@H]2C)s1. The third kappa shape index (κ3) is 4.62. The fraction of sp³-hybridized carbons (Fsp3) is 0.579. The Morgan fingerprint density at radius 2 is 2.21 bits per heavy atom. The molecule has 0 unspecified atom stereocenters. The van der Waals surface area contributed by atoms with Crippen LogP contribution in [0.15, 0.2) is 24.4 Å². The fourth-order valence-electron chi connectivity index (χ4n) is 3.58. The van der Waals surface area contributed by atoms with Gasteiger partial charge in [0.25, 0.3) is 0 Å². The van der Waals surface area contributed by atoms with Crippen LogP contribution in [0.3, 0.4) is 0 Å². The first-order valence-electron chi connectivity index (χ1n) is 8.90. The van der Waals surface area contributed by atoms with Gasteiger partial charge in [0.2, 0.25) is 0 Å². The molecule has 0 aliphatic carbocycles. The number of rotatable bonds is 6. The highest BCUT2D eigenvalue weighted by Crippen LogP contribution is 2.20. The highest BCUT2D eigenvalue weighted by molar-refractivity contribution is 7.11. The Hall–Kier alpha value is -1.30. The second-order valence-electron chi connectivity index (χ2n) is 6.87.